The van der Waals surface area contributed by atoms with Crippen LogP contribution in [0.2, 0.25) is 0 Å². The van der Waals surface area contributed by atoms with Gasteiger partial charge in [0, 0.05) is 18.7 Å². The molecule has 1 aromatic rings. The average Bonchev–Trinajstić information content (AvgIpc) is 3.00. The molecule has 0 bridgehead atoms. The quantitative estimate of drug-likeness (QED) is 0.870. The predicted octanol–water partition coefficient (Wildman–Crippen LogP) is 1.93. The van der Waals surface area contributed by atoms with Crippen molar-refractivity contribution < 1.29 is 14.3 Å². The van der Waals surface area contributed by atoms with Crippen LogP contribution in [0.4, 0.5) is 0 Å². The van der Waals surface area contributed by atoms with Gasteiger partial charge in [0.1, 0.15) is 6.26 Å². The normalized spacial score (nSPS) is 17.1. The van der Waals surface area contributed by atoms with Crippen molar-refractivity contribution in [3.8, 4) is 0 Å². The maximum absolute atomic E-state index is 11.8. The monoisotopic (exact) mass is 287 g/mol. The second-order valence-corrected chi connectivity index (χ2v) is 4.85. The van der Waals surface area contributed by atoms with Gasteiger partial charge in [-0.1, -0.05) is 0 Å². The van der Waals surface area contributed by atoms with E-state index in [0.29, 0.717) is 22.6 Å². The Balaban J connectivity index is 1.94. The van der Waals surface area contributed by atoms with Crippen molar-refractivity contribution in [2.75, 3.05) is 6.61 Å². The highest BCUT2D eigenvalue weighted by molar-refractivity contribution is 9.10. The molecule has 0 radical (unpaired) electrons. The van der Waals surface area contributed by atoms with E-state index < -0.39 is 0 Å². The van der Waals surface area contributed by atoms with E-state index in [2.05, 4.69) is 21.2 Å². The Labute approximate surface area is 102 Å². The Bertz CT molecular complexity index is 373. The zero-order valence-electron chi connectivity index (χ0n) is 8.78. The summed E-state index contributed by atoms with van der Waals surface area (Å²) in [5.74, 6) is 0.395. The van der Waals surface area contributed by atoms with E-state index in [1.165, 1.54) is 6.26 Å². The first-order valence-electron chi connectivity index (χ1n) is 5.36. The van der Waals surface area contributed by atoms with Gasteiger partial charge < -0.3 is 14.8 Å². The number of aliphatic hydroxyl groups excluding tert-OH is 1. The molecule has 5 heteroatoms. The number of hydrogen-bond acceptors (Lipinski definition) is 3. The fourth-order valence-electron chi connectivity index (χ4n) is 1.74. The molecule has 1 fully saturated rings. The number of furan rings is 1. The first-order valence-corrected chi connectivity index (χ1v) is 6.15. The van der Waals surface area contributed by atoms with Crippen molar-refractivity contribution in [2.24, 2.45) is 5.92 Å². The van der Waals surface area contributed by atoms with Gasteiger partial charge in [0.25, 0.3) is 5.91 Å². The molecule has 1 heterocycles. The molecule has 16 heavy (non-hydrogen) atoms. The largest absolute Gasteiger partial charge is 0.457 e. The van der Waals surface area contributed by atoms with Gasteiger partial charge >= 0.3 is 0 Å². The first kappa shape index (κ1) is 11.7. The number of hydrogen-bond donors (Lipinski definition) is 2. The number of aliphatic hydroxyl groups is 1. The lowest BCUT2D eigenvalue weighted by atomic mass is 10.1. The molecule has 2 rings (SSSR count). The number of rotatable bonds is 5. The summed E-state index contributed by atoms with van der Waals surface area (Å²) in [4.78, 5) is 11.8. The number of amides is 1. The van der Waals surface area contributed by atoms with Crippen LogP contribution in [0.5, 0.6) is 0 Å². The fourth-order valence-corrected chi connectivity index (χ4v) is 2.08. The molecule has 1 saturated carbocycles. The van der Waals surface area contributed by atoms with Gasteiger partial charge in [-0.2, -0.15) is 0 Å². The van der Waals surface area contributed by atoms with Crippen molar-refractivity contribution in [2.45, 2.75) is 25.3 Å². The van der Waals surface area contributed by atoms with Crippen LogP contribution in [0.3, 0.4) is 0 Å². The molecule has 88 valence electrons. The average molecular weight is 288 g/mol. The van der Waals surface area contributed by atoms with Gasteiger partial charge in [-0.3, -0.25) is 4.79 Å². The molecule has 0 spiro atoms. The maximum Gasteiger partial charge on any atom is 0.254 e. The highest BCUT2D eigenvalue weighted by Gasteiger charge is 2.32. The highest BCUT2D eigenvalue weighted by Crippen LogP contribution is 2.34. The third-order valence-corrected chi connectivity index (χ3v) is 3.19. The minimum Gasteiger partial charge on any atom is -0.457 e. The smallest absolute Gasteiger partial charge is 0.254 e. The van der Waals surface area contributed by atoms with Crippen molar-refractivity contribution >= 4 is 21.8 Å². The van der Waals surface area contributed by atoms with Crippen LogP contribution in [-0.2, 0) is 0 Å². The van der Waals surface area contributed by atoms with Gasteiger partial charge in [0.2, 0.25) is 0 Å². The second-order valence-electron chi connectivity index (χ2n) is 4.07. The molecular formula is C11H14BrNO3. The van der Waals surface area contributed by atoms with Crippen LogP contribution in [0.1, 0.15) is 29.6 Å². The van der Waals surface area contributed by atoms with E-state index in [9.17, 15) is 4.79 Å². The van der Waals surface area contributed by atoms with E-state index in [1.807, 2.05) is 0 Å². The Kier molecular flexibility index (Phi) is 3.66. The van der Waals surface area contributed by atoms with Crippen LogP contribution in [0.25, 0.3) is 0 Å². The summed E-state index contributed by atoms with van der Waals surface area (Å²) in [5, 5.41) is 11.9. The molecular weight excluding hydrogens is 274 g/mol. The van der Waals surface area contributed by atoms with Gasteiger partial charge in [0.15, 0.2) is 4.67 Å². The number of nitrogens with one attached hydrogen (secondary N) is 1. The Morgan fingerprint density at radius 1 is 1.69 bits per heavy atom. The van der Waals surface area contributed by atoms with E-state index in [-0.39, 0.29) is 18.6 Å². The molecule has 2 N–H and O–H groups in total. The van der Waals surface area contributed by atoms with E-state index in [0.717, 1.165) is 12.8 Å². The van der Waals surface area contributed by atoms with Crippen LogP contribution in [-0.4, -0.2) is 23.7 Å². The molecule has 0 saturated heterocycles. The number of carbonyl (C=O) groups excluding carboxylic acids is 1. The van der Waals surface area contributed by atoms with Crippen molar-refractivity contribution in [1.29, 1.82) is 0 Å². The summed E-state index contributed by atoms with van der Waals surface area (Å²) >= 11 is 3.15. The molecule has 1 atom stereocenters. The molecule has 0 aromatic carbocycles. The molecule has 1 aliphatic carbocycles. The highest BCUT2D eigenvalue weighted by atomic mass is 79.9. The van der Waals surface area contributed by atoms with Crippen molar-refractivity contribution in [3.05, 3.63) is 22.6 Å². The summed E-state index contributed by atoms with van der Waals surface area (Å²) in [6.07, 6.45) is 4.32. The lowest BCUT2D eigenvalue weighted by Crippen LogP contribution is -2.36. The van der Waals surface area contributed by atoms with E-state index >= 15 is 0 Å². The van der Waals surface area contributed by atoms with Gasteiger partial charge in [-0.25, -0.2) is 0 Å². The fraction of sp³-hybridized carbons (Fsp3) is 0.545. The molecule has 0 aliphatic heterocycles. The zero-order chi connectivity index (χ0) is 11.5. The molecule has 1 amide bonds. The van der Waals surface area contributed by atoms with Crippen molar-refractivity contribution in [3.63, 3.8) is 0 Å². The van der Waals surface area contributed by atoms with E-state index in [4.69, 9.17) is 9.52 Å². The maximum atomic E-state index is 11.8. The van der Waals surface area contributed by atoms with Gasteiger partial charge in [-0.15, -0.1) is 0 Å². The Hall–Kier alpha value is -0.810. The third kappa shape index (κ3) is 2.86. The zero-order valence-corrected chi connectivity index (χ0v) is 10.4. The van der Waals surface area contributed by atoms with Gasteiger partial charge in [-0.05, 0) is 41.1 Å². The molecule has 1 aliphatic rings. The van der Waals surface area contributed by atoms with Crippen LogP contribution in [0.15, 0.2) is 21.4 Å². The lowest BCUT2D eigenvalue weighted by molar-refractivity contribution is 0.0923. The topological polar surface area (TPSA) is 62.5 Å². The third-order valence-electron chi connectivity index (χ3n) is 2.78. The first-order chi connectivity index (χ1) is 7.70. The number of halogens is 1. The van der Waals surface area contributed by atoms with Gasteiger partial charge in [0.05, 0.1) is 5.56 Å². The van der Waals surface area contributed by atoms with E-state index in [1.54, 1.807) is 6.07 Å². The second kappa shape index (κ2) is 5.01. The van der Waals surface area contributed by atoms with Crippen molar-refractivity contribution in [1.82, 2.24) is 5.32 Å². The molecule has 1 unspecified atom stereocenters. The predicted molar refractivity (Wildman–Crippen MR) is 62.1 cm³/mol. The summed E-state index contributed by atoms with van der Waals surface area (Å²) in [6, 6.07) is 1.73. The summed E-state index contributed by atoms with van der Waals surface area (Å²) in [7, 11) is 0. The van der Waals surface area contributed by atoms with Crippen LogP contribution >= 0.6 is 15.9 Å². The SMILES string of the molecule is O=C(NC(CCO)C1CC1)c1coc(Br)c1. The lowest BCUT2D eigenvalue weighted by Gasteiger charge is -2.16. The summed E-state index contributed by atoms with van der Waals surface area (Å²) < 4.78 is 5.55. The minimum absolute atomic E-state index is 0.0891. The Morgan fingerprint density at radius 2 is 2.44 bits per heavy atom. The number of carbonyl (C=O) groups is 1. The van der Waals surface area contributed by atoms with Crippen LogP contribution < -0.4 is 5.32 Å². The molecule has 4 nitrogen and oxygen atoms in total. The minimum atomic E-state index is -0.139. The van der Waals surface area contributed by atoms with Crippen LogP contribution in [0, 0.1) is 5.92 Å². The summed E-state index contributed by atoms with van der Waals surface area (Å²) in [5.41, 5.74) is 0.510. The molecule has 1 aromatic heterocycles. The standard InChI is InChI=1S/C11H14BrNO3/c12-10-5-8(6-16-10)11(15)13-9(3-4-14)7-1-2-7/h5-7,9,14H,1-4H2,(H,13,15). The Morgan fingerprint density at radius 3 is 2.94 bits per heavy atom. The summed E-state index contributed by atoms with van der Waals surface area (Å²) in [6.45, 7) is 0.108.